The Kier molecular flexibility index (Phi) is 3.08. The van der Waals surface area contributed by atoms with E-state index in [0.717, 1.165) is 6.20 Å². The lowest BCUT2D eigenvalue weighted by Crippen LogP contribution is -2.19. The SMILES string of the molecule is NCc1c(C=O)c[nH]c(=O)c1C(F)F. The third kappa shape index (κ3) is 1.69. The molecule has 1 aromatic rings. The zero-order chi connectivity index (χ0) is 10.7. The quantitative estimate of drug-likeness (QED) is 0.704. The van der Waals surface area contributed by atoms with Crippen molar-refractivity contribution in [1.29, 1.82) is 0 Å². The summed E-state index contributed by atoms with van der Waals surface area (Å²) in [4.78, 5) is 23.5. The molecule has 0 atom stereocenters. The van der Waals surface area contributed by atoms with E-state index < -0.39 is 17.5 Å². The van der Waals surface area contributed by atoms with Crippen molar-refractivity contribution in [2.45, 2.75) is 13.0 Å². The van der Waals surface area contributed by atoms with Crippen molar-refractivity contribution < 1.29 is 13.6 Å². The molecule has 0 aliphatic carbocycles. The van der Waals surface area contributed by atoms with Crippen molar-refractivity contribution in [1.82, 2.24) is 4.98 Å². The number of carbonyl (C=O) groups is 1. The van der Waals surface area contributed by atoms with Crippen molar-refractivity contribution in [3.05, 3.63) is 33.2 Å². The number of carbonyl (C=O) groups excluding carboxylic acids is 1. The molecule has 3 N–H and O–H groups in total. The Labute approximate surface area is 77.7 Å². The van der Waals surface area contributed by atoms with Gasteiger partial charge in [-0.2, -0.15) is 0 Å². The van der Waals surface area contributed by atoms with E-state index in [1.807, 2.05) is 0 Å². The summed E-state index contributed by atoms with van der Waals surface area (Å²) in [6.45, 7) is -0.266. The maximum Gasteiger partial charge on any atom is 0.269 e. The topological polar surface area (TPSA) is 76.0 Å². The van der Waals surface area contributed by atoms with Gasteiger partial charge in [-0.3, -0.25) is 9.59 Å². The summed E-state index contributed by atoms with van der Waals surface area (Å²) >= 11 is 0. The first kappa shape index (κ1) is 10.5. The van der Waals surface area contributed by atoms with Gasteiger partial charge in [0, 0.05) is 18.3 Å². The predicted molar refractivity (Wildman–Crippen MR) is 45.3 cm³/mol. The molecule has 0 fully saturated rings. The van der Waals surface area contributed by atoms with E-state index in [0.29, 0.717) is 6.29 Å². The summed E-state index contributed by atoms with van der Waals surface area (Å²) < 4.78 is 24.8. The second-order valence-corrected chi connectivity index (χ2v) is 2.59. The molecule has 0 aliphatic heterocycles. The number of hydrogen-bond donors (Lipinski definition) is 2. The zero-order valence-corrected chi connectivity index (χ0v) is 7.09. The fraction of sp³-hybridized carbons (Fsp3) is 0.250. The van der Waals surface area contributed by atoms with Gasteiger partial charge in [-0.05, 0) is 5.56 Å². The van der Waals surface area contributed by atoms with Gasteiger partial charge in [0.1, 0.15) is 0 Å². The molecular weight excluding hydrogens is 194 g/mol. The van der Waals surface area contributed by atoms with Gasteiger partial charge in [0.2, 0.25) is 0 Å². The first-order valence-electron chi connectivity index (χ1n) is 3.79. The van der Waals surface area contributed by atoms with Crippen molar-refractivity contribution in [3.63, 3.8) is 0 Å². The number of aromatic amines is 1. The molecule has 6 heteroatoms. The highest BCUT2D eigenvalue weighted by Crippen LogP contribution is 2.20. The van der Waals surface area contributed by atoms with Crippen LogP contribution in [0.2, 0.25) is 0 Å². The van der Waals surface area contributed by atoms with Gasteiger partial charge in [-0.25, -0.2) is 8.78 Å². The minimum atomic E-state index is -2.93. The van der Waals surface area contributed by atoms with Crippen LogP contribution in [0.3, 0.4) is 0 Å². The van der Waals surface area contributed by atoms with Crippen LogP contribution in [0.25, 0.3) is 0 Å². The summed E-state index contributed by atoms with van der Waals surface area (Å²) in [6, 6.07) is 0. The summed E-state index contributed by atoms with van der Waals surface area (Å²) in [5.41, 5.74) is 3.44. The molecule has 0 aromatic carbocycles. The smallest absolute Gasteiger partial charge is 0.269 e. The molecular formula is C8H8F2N2O2. The average molecular weight is 202 g/mol. The van der Waals surface area contributed by atoms with Crippen LogP contribution in [-0.4, -0.2) is 11.3 Å². The number of nitrogens with one attached hydrogen (secondary N) is 1. The molecule has 4 nitrogen and oxygen atoms in total. The lowest BCUT2D eigenvalue weighted by Gasteiger charge is -2.07. The fourth-order valence-electron chi connectivity index (χ4n) is 1.16. The number of pyridine rings is 1. The van der Waals surface area contributed by atoms with Gasteiger partial charge in [-0.1, -0.05) is 0 Å². The number of rotatable bonds is 3. The molecule has 1 aromatic heterocycles. The third-order valence-electron chi connectivity index (χ3n) is 1.83. The molecule has 0 aliphatic rings. The van der Waals surface area contributed by atoms with Crippen LogP contribution in [0.5, 0.6) is 0 Å². The van der Waals surface area contributed by atoms with Crippen LogP contribution < -0.4 is 11.3 Å². The molecule has 14 heavy (non-hydrogen) atoms. The van der Waals surface area contributed by atoms with Crippen molar-refractivity contribution in [2.75, 3.05) is 0 Å². The number of hydrogen-bond acceptors (Lipinski definition) is 3. The van der Waals surface area contributed by atoms with Crippen molar-refractivity contribution >= 4 is 6.29 Å². The average Bonchev–Trinajstić information content (AvgIpc) is 2.16. The second kappa shape index (κ2) is 4.10. The van der Waals surface area contributed by atoms with Gasteiger partial charge >= 0.3 is 0 Å². The number of H-pyrrole nitrogens is 1. The Morgan fingerprint density at radius 3 is 2.64 bits per heavy atom. The van der Waals surface area contributed by atoms with E-state index in [9.17, 15) is 18.4 Å². The molecule has 0 saturated heterocycles. The number of aromatic nitrogens is 1. The van der Waals surface area contributed by atoms with Crippen LogP contribution in [0.1, 0.15) is 27.9 Å². The second-order valence-electron chi connectivity index (χ2n) is 2.59. The molecule has 0 bridgehead atoms. The van der Waals surface area contributed by atoms with E-state index >= 15 is 0 Å². The van der Waals surface area contributed by atoms with E-state index in [1.165, 1.54) is 0 Å². The minimum Gasteiger partial charge on any atom is -0.328 e. The fourth-order valence-corrected chi connectivity index (χ4v) is 1.16. The number of aldehydes is 1. The molecule has 0 saturated carbocycles. The molecule has 76 valence electrons. The molecule has 0 amide bonds. The summed E-state index contributed by atoms with van der Waals surface area (Å²) in [7, 11) is 0. The summed E-state index contributed by atoms with van der Waals surface area (Å²) in [5, 5.41) is 0. The monoisotopic (exact) mass is 202 g/mol. The van der Waals surface area contributed by atoms with Crippen LogP contribution in [0, 0.1) is 0 Å². The normalized spacial score (nSPS) is 10.6. The first-order chi connectivity index (χ1) is 6.61. The van der Waals surface area contributed by atoms with Crippen LogP contribution in [-0.2, 0) is 6.54 Å². The van der Waals surface area contributed by atoms with Crippen molar-refractivity contribution in [3.8, 4) is 0 Å². The Morgan fingerprint density at radius 2 is 2.21 bits per heavy atom. The van der Waals surface area contributed by atoms with Crippen LogP contribution >= 0.6 is 0 Å². The molecule has 0 spiro atoms. The number of halogens is 2. The van der Waals surface area contributed by atoms with Gasteiger partial charge in [0.15, 0.2) is 6.29 Å². The van der Waals surface area contributed by atoms with E-state index in [2.05, 4.69) is 4.98 Å². The highest BCUT2D eigenvalue weighted by atomic mass is 19.3. The molecule has 1 rings (SSSR count). The minimum absolute atomic E-state index is 0.0117. The van der Waals surface area contributed by atoms with Gasteiger partial charge in [0.05, 0.1) is 5.56 Å². The van der Waals surface area contributed by atoms with Gasteiger partial charge in [-0.15, -0.1) is 0 Å². The predicted octanol–water partition coefficient (Wildman–Crippen LogP) is 0.584. The van der Waals surface area contributed by atoms with E-state index in [1.54, 1.807) is 0 Å². The standard InChI is InChI=1S/C8H8F2N2O2/c9-7(10)6-5(1-11)4(3-13)2-12-8(6)14/h2-3,7H,1,11H2,(H,12,14). The maximum absolute atomic E-state index is 12.4. The Balaban J connectivity index is 3.50. The van der Waals surface area contributed by atoms with E-state index in [-0.39, 0.29) is 17.7 Å². The highest BCUT2D eigenvalue weighted by Gasteiger charge is 2.19. The van der Waals surface area contributed by atoms with E-state index in [4.69, 9.17) is 5.73 Å². The maximum atomic E-state index is 12.4. The van der Waals surface area contributed by atoms with Crippen LogP contribution in [0.15, 0.2) is 11.0 Å². The summed E-state index contributed by atoms with van der Waals surface area (Å²) in [6.07, 6.45) is -1.48. The Morgan fingerprint density at radius 1 is 1.57 bits per heavy atom. The molecule has 0 unspecified atom stereocenters. The highest BCUT2D eigenvalue weighted by molar-refractivity contribution is 5.77. The van der Waals surface area contributed by atoms with Gasteiger partial charge in [0.25, 0.3) is 12.0 Å². The molecule has 0 radical (unpaired) electrons. The summed E-state index contributed by atoms with van der Waals surface area (Å²) in [5.74, 6) is 0. The zero-order valence-electron chi connectivity index (χ0n) is 7.09. The molecule has 1 heterocycles. The van der Waals surface area contributed by atoms with Crippen molar-refractivity contribution in [2.24, 2.45) is 5.73 Å². The van der Waals surface area contributed by atoms with Gasteiger partial charge < -0.3 is 10.7 Å². The number of alkyl halides is 2. The largest absolute Gasteiger partial charge is 0.328 e. The first-order valence-corrected chi connectivity index (χ1v) is 3.79. The third-order valence-corrected chi connectivity index (χ3v) is 1.83. The lowest BCUT2D eigenvalue weighted by molar-refractivity contribution is 0.112. The lowest BCUT2D eigenvalue weighted by atomic mass is 10.1. The van der Waals surface area contributed by atoms with Crippen LogP contribution in [0.4, 0.5) is 8.78 Å². The number of nitrogens with two attached hydrogens (primary N) is 1. The Hall–Kier alpha value is -1.56. The Bertz CT molecular complexity index is 401.